The number of amides is 1. The summed E-state index contributed by atoms with van der Waals surface area (Å²) in [5.41, 5.74) is 5.10. The Morgan fingerprint density at radius 3 is 2.10 bits per heavy atom. The Kier molecular flexibility index (Phi) is 11.0. The number of carbonyl (C=O) groups is 2. The van der Waals surface area contributed by atoms with Gasteiger partial charge in [0.15, 0.2) is 0 Å². The zero-order valence-corrected chi connectivity index (χ0v) is 22.5. The van der Waals surface area contributed by atoms with Gasteiger partial charge in [-0.3, -0.25) is 9.59 Å². The van der Waals surface area contributed by atoms with Crippen molar-refractivity contribution in [2.24, 2.45) is 0 Å². The van der Waals surface area contributed by atoms with E-state index in [1.54, 1.807) is 12.1 Å². The molecule has 1 heterocycles. The van der Waals surface area contributed by atoms with Crippen LogP contribution in [0.5, 0.6) is 0 Å². The van der Waals surface area contributed by atoms with Crippen LogP contribution in [0.2, 0.25) is 0 Å². The summed E-state index contributed by atoms with van der Waals surface area (Å²) in [6.45, 7) is 0.317. The molecule has 1 fully saturated rings. The molecule has 0 unspecified atom stereocenters. The molecule has 9 heteroatoms. The summed E-state index contributed by atoms with van der Waals surface area (Å²) in [6.07, 6.45) is -0.603. The molecule has 3 aromatic carbocycles. The molecule has 0 saturated heterocycles. The van der Waals surface area contributed by atoms with Gasteiger partial charge in [0.05, 0.1) is 29.9 Å². The maximum atomic E-state index is 14.1. The van der Waals surface area contributed by atoms with Crippen molar-refractivity contribution in [3.05, 3.63) is 102 Å². The Morgan fingerprint density at radius 2 is 1.50 bits per heavy atom. The van der Waals surface area contributed by atoms with E-state index in [-0.39, 0.29) is 68.2 Å². The number of benzene rings is 3. The van der Waals surface area contributed by atoms with Gasteiger partial charge < -0.3 is 25.2 Å². The number of halogens is 1. The standard InChI is InChI=1S/C33H33FN2O5.Ca.2H/c34-24-15-13-23(14-16-24)31-29(21-7-3-1-4-8-21)30(33(41)35-25-9-5-2-6-10-25)32(22-11-12-22)36(31)18-17-26(37)19-27(38)20-28(39)40;;;/h1-10,13-16,22,26-27,37-38H,11-12,17-20H2,(H,35,41)(H,39,40);;;/t26-,27-;;;/m1.../s1. The second-order valence-corrected chi connectivity index (χ2v) is 10.5. The molecule has 5 rings (SSSR count). The topological polar surface area (TPSA) is 112 Å². The monoisotopic (exact) mass is 598 g/mol. The minimum absolute atomic E-state index is 0. The third-order valence-corrected chi connectivity index (χ3v) is 7.35. The number of aliphatic carboxylic acids is 1. The number of hydrogen-bond donors (Lipinski definition) is 4. The van der Waals surface area contributed by atoms with Crippen LogP contribution in [0.15, 0.2) is 84.9 Å². The quantitative estimate of drug-likeness (QED) is 0.169. The zero-order chi connectivity index (χ0) is 28.9. The predicted molar refractivity (Wildman–Crippen MR) is 164 cm³/mol. The molecule has 1 saturated carbocycles. The van der Waals surface area contributed by atoms with Crippen LogP contribution < -0.4 is 5.32 Å². The zero-order valence-electron chi connectivity index (χ0n) is 22.5. The molecule has 4 N–H and O–H groups in total. The molecular weight excluding hydrogens is 563 g/mol. The van der Waals surface area contributed by atoms with E-state index in [2.05, 4.69) is 9.88 Å². The first-order chi connectivity index (χ1) is 19.8. The molecule has 0 aliphatic heterocycles. The van der Waals surface area contributed by atoms with Crippen molar-refractivity contribution in [2.75, 3.05) is 5.32 Å². The van der Waals surface area contributed by atoms with E-state index in [0.29, 0.717) is 17.8 Å². The predicted octanol–water partition coefficient (Wildman–Crippen LogP) is 5.15. The van der Waals surface area contributed by atoms with E-state index in [0.717, 1.165) is 40.9 Å². The molecular formula is C33H35CaFN2O5. The fraction of sp³-hybridized carbons (Fsp3) is 0.273. The average molecular weight is 599 g/mol. The minimum atomic E-state index is -1.17. The van der Waals surface area contributed by atoms with E-state index in [1.165, 1.54) is 12.1 Å². The molecule has 7 nitrogen and oxygen atoms in total. The van der Waals surface area contributed by atoms with Gasteiger partial charge in [0.25, 0.3) is 5.91 Å². The summed E-state index contributed by atoms with van der Waals surface area (Å²) in [4.78, 5) is 25.1. The molecule has 216 valence electrons. The first-order valence-corrected chi connectivity index (χ1v) is 13.8. The molecule has 1 aliphatic rings. The number of nitrogens with zero attached hydrogens (tertiary/aromatic N) is 1. The SMILES string of the molecule is O=C(O)C[C@H](O)C[C@H](O)CCn1c(-c2ccc(F)cc2)c(-c2ccccc2)c(C(=O)Nc2ccccc2)c1C1CC1.[CaH2]. The maximum absolute atomic E-state index is 14.1. The number of para-hydroxylation sites is 1. The van der Waals surface area contributed by atoms with E-state index in [4.69, 9.17) is 5.11 Å². The van der Waals surface area contributed by atoms with E-state index in [1.807, 2.05) is 60.7 Å². The molecule has 0 radical (unpaired) electrons. The van der Waals surface area contributed by atoms with Crippen LogP contribution >= 0.6 is 0 Å². The summed E-state index contributed by atoms with van der Waals surface area (Å²) < 4.78 is 16.1. The fourth-order valence-electron chi connectivity index (χ4n) is 5.38. The number of carboxylic acid groups (broad SMARTS) is 1. The van der Waals surface area contributed by atoms with Crippen LogP contribution in [-0.2, 0) is 11.3 Å². The number of aliphatic hydroxyl groups excluding tert-OH is 2. The van der Waals surface area contributed by atoms with Crippen molar-refractivity contribution in [3.8, 4) is 22.4 Å². The van der Waals surface area contributed by atoms with Crippen LogP contribution in [0, 0.1) is 5.82 Å². The van der Waals surface area contributed by atoms with Crippen LogP contribution in [-0.4, -0.2) is 81.7 Å². The molecule has 0 bridgehead atoms. The number of anilines is 1. The van der Waals surface area contributed by atoms with Gasteiger partial charge in [-0.1, -0.05) is 48.5 Å². The van der Waals surface area contributed by atoms with Crippen molar-refractivity contribution < 1.29 is 29.3 Å². The number of carboxylic acids is 1. The number of rotatable bonds is 12. The Balaban J connectivity index is 0.00000405. The van der Waals surface area contributed by atoms with Crippen LogP contribution in [0.1, 0.15) is 54.1 Å². The van der Waals surface area contributed by atoms with Gasteiger partial charge in [-0.15, -0.1) is 0 Å². The summed E-state index contributed by atoms with van der Waals surface area (Å²) in [6, 6.07) is 25.0. The van der Waals surface area contributed by atoms with Crippen LogP contribution in [0.3, 0.4) is 0 Å². The van der Waals surface area contributed by atoms with Crippen LogP contribution in [0.25, 0.3) is 22.4 Å². The van der Waals surface area contributed by atoms with Gasteiger partial charge in [-0.2, -0.15) is 0 Å². The Bertz CT molecular complexity index is 1510. The first-order valence-electron chi connectivity index (χ1n) is 13.8. The number of carbonyl (C=O) groups excluding carboxylic acids is 1. The molecule has 2 atom stereocenters. The number of aliphatic hydroxyl groups is 2. The third-order valence-electron chi connectivity index (χ3n) is 7.35. The molecule has 1 amide bonds. The Labute approximate surface area is 274 Å². The summed E-state index contributed by atoms with van der Waals surface area (Å²) in [5, 5.41) is 32.8. The molecule has 4 aromatic rings. The molecule has 1 aromatic heterocycles. The van der Waals surface area contributed by atoms with Crippen molar-refractivity contribution in [1.29, 1.82) is 0 Å². The first kappa shape index (κ1) is 31.9. The van der Waals surface area contributed by atoms with Gasteiger partial charge in [-0.05, 0) is 73.2 Å². The second-order valence-electron chi connectivity index (χ2n) is 10.5. The van der Waals surface area contributed by atoms with Crippen molar-refractivity contribution in [3.63, 3.8) is 0 Å². The average Bonchev–Trinajstić information content (AvgIpc) is 3.73. The molecule has 42 heavy (non-hydrogen) atoms. The van der Waals surface area contributed by atoms with Gasteiger partial charge in [0.1, 0.15) is 5.82 Å². The number of aromatic nitrogens is 1. The number of nitrogens with one attached hydrogen (secondary N) is 1. The van der Waals surface area contributed by atoms with Gasteiger partial charge >= 0.3 is 43.7 Å². The van der Waals surface area contributed by atoms with Crippen molar-refractivity contribution >= 4 is 55.3 Å². The Morgan fingerprint density at radius 1 is 0.881 bits per heavy atom. The van der Waals surface area contributed by atoms with Gasteiger partial charge in [0, 0.05) is 29.4 Å². The van der Waals surface area contributed by atoms with Crippen LogP contribution in [0.4, 0.5) is 10.1 Å². The van der Waals surface area contributed by atoms with Crippen molar-refractivity contribution in [1.82, 2.24) is 4.57 Å². The second kappa shape index (κ2) is 14.4. The fourth-order valence-corrected chi connectivity index (χ4v) is 5.38. The summed E-state index contributed by atoms with van der Waals surface area (Å²) in [5.74, 6) is -1.62. The summed E-state index contributed by atoms with van der Waals surface area (Å²) >= 11 is 0. The van der Waals surface area contributed by atoms with E-state index in [9.17, 15) is 24.2 Å². The number of hydrogen-bond acceptors (Lipinski definition) is 4. The van der Waals surface area contributed by atoms with Gasteiger partial charge in [0.2, 0.25) is 0 Å². The van der Waals surface area contributed by atoms with E-state index >= 15 is 0 Å². The molecule has 1 aliphatic carbocycles. The molecule has 0 spiro atoms. The van der Waals surface area contributed by atoms with Crippen molar-refractivity contribution in [2.45, 2.75) is 56.8 Å². The summed E-state index contributed by atoms with van der Waals surface area (Å²) in [7, 11) is 0. The third kappa shape index (κ3) is 7.68. The Hall–Kier alpha value is -3.01. The van der Waals surface area contributed by atoms with E-state index < -0.39 is 24.6 Å². The van der Waals surface area contributed by atoms with Gasteiger partial charge in [-0.25, -0.2) is 4.39 Å². The normalized spacial score (nSPS) is 14.1.